The van der Waals surface area contributed by atoms with E-state index in [1.807, 2.05) is 36.6 Å². The zero-order valence-electron chi connectivity index (χ0n) is 12.2. The first-order chi connectivity index (χ1) is 11.2. The summed E-state index contributed by atoms with van der Waals surface area (Å²) in [5.41, 5.74) is 2.13. The van der Waals surface area contributed by atoms with Crippen LogP contribution in [0, 0.1) is 0 Å². The Bertz CT molecular complexity index is 849. The zero-order chi connectivity index (χ0) is 16.2. The number of hydrogen-bond donors (Lipinski definition) is 2. The van der Waals surface area contributed by atoms with E-state index in [-0.39, 0.29) is 11.6 Å². The lowest BCUT2D eigenvalue weighted by atomic mass is 10.1. The number of thioether (sulfide) groups is 1. The Labute approximate surface area is 142 Å². The molecule has 2 N–H and O–H groups in total. The Kier molecular flexibility index (Phi) is 4.64. The van der Waals surface area contributed by atoms with Gasteiger partial charge in [-0.3, -0.25) is 4.79 Å². The highest BCUT2D eigenvalue weighted by atomic mass is 35.5. The minimum atomic E-state index is -0.327. The van der Waals surface area contributed by atoms with Crippen molar-refractivity contribution in [2.45, 2.75) is 4.90 Å². The third-order valence-electron chi connectivity index (χ3n) is 3.19. The zero-order valence-corrected chi connectivity index (χ0v) is 13.8. The van der Waals surface area contributed by atoms with Crippen LogP contribution in [0.2, 0.25) is 5.02 Å². The number of rotatable bonds is 4. The number of amides is 1. The van der Waals surface area contributed by atoms with Crippen LogP contribution in [0.15, 0.2) is 53.4 Å². The van der Waals surface area contributed by atoms with Crippen LogP contribution >= 0.6 is 23.4 Å². The van der Waals surface area contributed by atoms with E-state index >= 15 is 0 Å². The van der Waals surface area contributed by atoms with E-state index in [4.69, 9.17) is 11.6 Å². The molecule has 5 nitrogen and oxygen atoms in total. The Hall–Kier alpha value is -2.31. The van der Waals surface area contributed by atoms with Gasteiger partial charge in [0.1, 0.15) is 5.69 Å². The number of aromatic amines is 1. The fraction of sp³-hybridized carbons (Fsp3) is 0.0625. The second kappa shape index (κ2) is 6.85. The van der Waals surface area contributed by atoms with Crippen molar-refractivity contribution < 1.29 is 4.79 Å². The number of anilines is 1. The number of nitrogens with one attached hydrogen (secondary N) is 2. The molecule has 3 rings (SSSR count). The van der Waals surface area contributed by atoms with E-state index in [0.717, 1.165) is 10.5 Å². The Morgan fingerprint density at radius 3 is 2.78 bits per heavy atom. The minimum absolute atomic E-state index is 0.224. The van der Waals surface area contributed by atoms with Gasteiger partial charge in [-0.25, -0.2) is 0 Å². The standard InChI is InChI=1S/C16H13ClN4OS/c1-23-13-7-3-6-12(9-13)18-16(22)15-14(19-21-20-15)10-4-2-5-11(17)8-10/h2-9H,1H3,(H,18,22)(H,19,20,21). The van der Waals surface area contributed by atoms with Gasteiger partial charge in [-0.1, -0.05) is 29.8 Å². The van der Waals surface area contributed by atoms with Crippen molar-refractivity contribution in [1.29, 1.82) is 0 Å². The van der Waals surface area contributed by atoms with Crippen LogP contribution in [0.5, 0.6) is 0 Å². The molecule has 23 heavy (non-hydrogen) atoms. The highest BCUT2D eigenvalue weighted by molar-refractivity contribution is 7.98. The predicted molar refractivity (Wildman–Crippen MR) is 93.0 cm³/mol. The first-order valence-corrected chi connectivity index (χ1v) is 8.40. The molecule has 0 spiro atoms. The third-order valence-corrected chi connectivity index (χ3v) is 4.15. The van der Waals surface area contributed by atoms with E-state index < -0.39 is 0 Å². The lowest BCUT2D eigenvalue weighted by molar-refractivity contribution is 0.102. The molecule has 0 bridgehead atoms. The molecule has 116 valence electrons. The van der Waals surface area contributed by atoms with Crippen molar-refractivity contribution >= 4 is 35.0 Å². The van der Waals surface area contributed by atoms with Crippen LogP contribution in [0.25, 0.3) is 11.3 Å². The molecule has 0 aliphatic rings. The molecule has 0 aliphatic carbocycles. The fourth-order valence-corrected chi connectivity index (χ4v) is 2.77. The molecule has 0 radical (unpaired) electrons. The van der Waals surface area contributed by atoms with Crippen molar-refractivity contribution in [2.24, 2.45) is 0 Å². The minimum Gasteiger partial charge on any atom is -0.320 e. The van der Waals surface area contributed by atoms with E-state index in [0.29, 0.717) is 16.4 Å². The molecule has 0 aliphatic heterocycles. The summed E-state index contributed by atoms with van der Waals surface area (Å²) in [5.74, 6) is -0.327. The van der Waals surface area contributed by atoms with E-state index in [9.17, 15) is 4.79 Å². The fourth-order valence-electron chi connectivity index (χ4n) is 2.12. The summed E-state index contributed by atoms with van der Waals surface area (Å²) in [7, 11) is 0. The van der Waals surface area contributed by atoms with Crippen LogP contribution in [0.1, 0.15) is 10.5 Å². The summed E-state index contributed by atoms with van der Waals surface area (Å²) in [5, 5.41) is 13.9. The van der Waals surface area contributed by atoms with Crippen molar-refractivity contribution in [3.63, 3.8) is 0 Å². The number of carbonyl (C=O) groups excluding carboxylic acids is 1. The predicted octanol–water partition coefficient (Wildman–Crippen LogP) is 4.10. The molecule has 0 saturated carbocycles. The maximum absolute atomic E-state index is 12.5. The Morgan fingerprint density at radius 2 is 2.00 bits per heavy atom. The normalized spacial score (nSPS) is 10.5. The molecule has 0 saturated heterocycles. The van der Waals surface area contributed by atoms with Crippen LogP contribution in [-0.2, 0) is 0 Å². The topological polar surface area (TPSA) is 70.7 Å². The quantitative estimate of drug-likeness (QED) is 0.699. The number of carbonyl (C=O) groups is 1. The van der Waals surface area contributed by atoms with E-state index in [2.05, 4.69) is 20.7 Å². The van der Waals surface area contributed by atoms with E-state index in [1.165, 1.54) is 0 Å². The summed E-state index contributed by atoms with van der Waals surface area (Å²) < 4.78 is 0. The first kappa shape index (κ1) is 15.6. The summed E-state index contributed by atoms with van der Waals surface area (Å²) in [6, 6.07) is 14.7. The van der Waals surface area contributed by atoms with Gasteiger partial charge < -0.3 is 5.32 Å². The molecule has 1 aromatic heterocycles. The highest BCUT2D eigenvalue weighted by Gasteiger charge is 2.18. The van der Waals surface area contributed by atoms with Crippen molar-refractivity contribution in [3.05, 3.63) is 59.2 Å². The highest BCUT2D eigenvalue weighted by Crippen LogP contribution is 2.24. The average Bonchev–Trinajstić information content (AvgIpc) is 3.05. The lowest BCUT2D eigenvalue weighted by Gasteiger charge is -2.06. The SMILES string of the molecule is CSc1cccc(NC(=O)c2n[nH]nc2-c2cccc(Cl)c2)c1. The number of nitrogens with zero attached hydrogens (tertiary/aromatic N) is 2. The second-order valence-corrected chi connectivity index (χ2v) is 6.03. The first-order valence-electron chi connectivity index (χ1n) is 6.79. The maximum atomic E-state index is 12.5. The third kappa shape index (κ3) is 3.55. The van der Waals surface area contributed by atoms with Crippen LogP contribution < -0.4 is 5.32 Å². The number of halogens is 1. The maximum Gasteiger partial charge on any atom is 0.278 e. The van der Waals surface area contributed by atoms with Gasteiger partial charge in [0, 0.05) is 21.2 Å². The van der Waals surface area contributed by atoms with Gasteiger partial charge in [0.05, 0.1) is 0 Å². The molecule has 0 atom stereocenters. The largest absolute Gasteiger partial charge is 0.320 e. The monoisotopic (exact) mass is 344 g/mol. The average molecular weight is 345 g/mol. The van der Waals surface area contributed by atoms with Gasteiger partial charge in [-0.05, 0) is 36.6 Å². The smallest absolute Gasteiger partial charge is 0.278 e. The van der Waals surface area contributed by atoms with Crippen molar-refractivity contribution in [3.8, 4) is 11.3 Å². The number of benzene rings is 2. The second-order valence-electron chi connectivity index (χ2n) is 4.72. The number of hydrogen-bond acceptors (Lipinski definition) is 4. The van der Waals surface area contributed by atoms with Crippen LogP contribution in [0.4, 0.5) is 5.69 Å². The summed E-state index contributed by atoms with van der Waals surface area (Å²) in [6.45, 7) is 0. The molecule has 1 heterocycles. The van der Waals surface area contributed by atoms with Gasteiger partial charge in [0.2, 0.25) is 0 Å². The van der Waals surface area contributed by atoms with E-state index in [1.54, 1.807) is 30.0 Å². The molecule has 2 aromatic carbocycles. The van der Waals surface area contributed by atoms with Gasteiger partial charge in [-0.15, -0.1) is 11.8 Å². The lowest BCUT2D eigenvalue weighted by Crippen LogP contribution is -2.13. The Balaban J connectivity index is 1.87. The summed E-state index contributed by atoms with van der Waals surface area (Å²) >= 11 is 7.60. The number of H-pyrrole nitrogens is 1. The van der Waals surface area contributed by atoms with Crippen molar-refractivity contribution in [1.82, 2.24) is 15.4 Å². The van der Waals surface area contributed by atoms with Gasteiger partial charge >= 0.3 is 0 Å². The molecular weight excluding hydrogens is 332 g/mol. The van der Waals surface area contributed by atoms with Crippen LogP contribution in [0.3, 0.4) is 0 Å². The van der Waals surface area contributed by atoms with Gasteiger partial charge in [-0.2, -0.15) is 15.4 Å². The molecule has 3 aromatic rings. The molecular formula is C16H13ClN4OS. The number of aromatic nitrogens is 3. The molecule has 7 heteroatoms. The Morgan fingerprint density at radius 1 is 1.17 bits per heavy atom. The molecule has 0 fully saturated rings. The van der Waals surface area contributed by atoms with Gasteiger partial charge in [0.15, 0.2) is 5.69 Å². The summed E-state index contributed by atoms with van der Waals surface area (Å²) in [4.78, 5) is 13.5. The van der Waals surface area contributed by atoms with Crippen LogP contribution in [-0.4, -0.2) is 27.6 Å². The molecule has 0 unspecified atom stereocenters. The van der Waals surface area contributed by atoms with Crippen molar-refractivity contribution in [2.75, 3.05) is 11.6 Å². The molecule has 1 amide bonds. The van der Waals surface area contributed by atoms with Gasteiger partial charge in [0.25, 0.3) is 5.91 Å². The summed E-state index contributed by atoms with van der Waals surface area (Å²) in [6.07, 6.45) is 1.98.